The van der Waals surface area contributed by atoms with Gasteiger partial charge in [0.05, 0.1) is 11.0 Å². The second-order valence-electron chi connectivity index (χ2n) is 17.3. The van der Waals surface area contributed by atoms with Crippen molar-refractivity contribution >= 4 is 71.6 Å². The largest absolute Gasteiger partial charge is 0.456 e. The van der Waals surface area contributed by atoms with Gasteiger partial charge in [-0.1, -0.05) is 182 Å². The molecule has 2 aromatic heterocycles. The van der Waals surface area contributed by atoms with E-state index in [-0.39, 0.29) is 0 Å². The zero-order chi connectivity index (χ0) is 44.3. The molecule has 11 aromatic carbocycles. The highest BCUT2D eigenvalue weighted by Crippen LogP contribution is 2.42. The smallest absolute Gasteiger partial charge is 0.137 e. The molecule has 0 spiro atoms. The van der Waals surface area contributed by atoms with Gasteiger partial charge >= 0.3 is 0 Å². The zero-order valence-corrected chi connectivity index (χ0v) is 36.6. The Bertz CT molecular complexity index is 3880. The quantitative estimate of drug-likeness (QED) is 0.152. The summed E-state index contributed by atoms with van der Waals surface area (Å²) in [5.41, 5.74) is 18.0. The number of nitrogens with zero attached hydrogens (tertiary/aromatic N) is 2. The minimum atomic E-state index is 0.863. The van der Waals surface area contributed by atoms with Crippen LogP contribution >= 0.6 is 0 Å². The molecule has 0 unspecified atom stereocenters. The number of benzene rings is 11. The van der Waals surface area contributed by atoms with Crippen molar-refractivity contribution in [2.45, 2.75) is 0 Å². The van der Waals surface area contributed by atoms with Gasteiger partial charge in [0.15, 0.2) is 0 Å². The SMILES string of the molecule is c1ccc(-c2cccc3cccc(-c4ccc(N(c5ccc(-c6ccc(-c7ccc(-n8c9ccccc9c9ccccc98)cc7)cc6)cc5)c5ccc6c(c5)oc5ccccc56)cc4)c23)cc1. The topological polar surface area (TPSA) is 21.3 Å². The molecule has 2 heterocycles. The molecule has 0 bridgehead atoms. The van der Waals surface area contributed by atoms with Crippen LogP contribution in [0.5, 0.6) is 0 Å². The highest BCUT2D eigenvalue weighted by molar-refractivity contribution is 6.10. The van der Waals surface area contributed by atoms with E-state index in [9.17, 15) is 0 Å². The predicted molar refractivity (Wildman–Crippen MR) is 282 cm³/mol. The molecule has 0 N–H and O–H groups in total. The van der Waals surface area contributed by atoms with E-state index >= 15 is 0 Å². The zero-order valence-electron chi connectivity index (χ0n) is 36.6. The van der Waals surface area contributed by atoms with Gasteiger partial charge in [-0.15, -0.1) is 0 Å². The summed E-state index contributed by atoms with van der Waals surface area (Å²) in [5.74, 6) is 0. The first-order chi connectivity index (χ1) is 33.2. The Morgan fingerprint density at radius 1 is 0.299 bits per heavy atom. The van der Waals surface area contributed by atoms with Crippen molar-refractivity contribution in [1.82, 2.24) is 4.57 Å². The number of furan rings is 1. The maximum Gasteiger partial charge on any atom is 0.137 e. The van der Waals surface area contributed by atoms with Crippen LogP contribution in [0.4, 0.5) is 17.1 Å². The first-order valence-corrected chi connectivity index (χ1v) is 22.9. The van der Waals surface area contributed by atoms with Crippen LogP contribution in [0.25, 0.3) is 105 Å². The Morgan fingerprint density at radius 2 is 0.746 bits per heavy atom. The van der Waals surface area contributed by atoms with Crippen molar-refractivity contribution in [1.29, 1.82) is 0 Å². The van der Waals surface area contributed by atoms with Crippen molar-refractivity contribution in [2.24, 2.45) is 0 Å². The number of anilines is 3. The van der Waals surface area contributed by atoms with Crippen LogP contribution in [0.15, 0.2) is 259 Å². The average Bonchev–Trinajstić information content (AvgIpc) is 3.95. The molecule has 0 aliphatic rings. The van der Waals surface area contributed by atoms with Crippen LogP contribution in [0.1, 0.15) is 0 Å². The summed E-state index contributed by atoms with van der Waals surface area (Å²) in [6.45, 7) is 0. The standard InChI is InChI=1S/C64H42N2O/c1-2-12-47(13-3-1)54-19-10-14-49-15-11-20-55(64(49)54)48-32-38-51(39-33-48)65(53-40-41-59-58-18-6-9-23-62(58)67-63(59)42-53)50-34-28-45(29-35-50)43-24-26-44(27-25-43)46-30-36-52(37-31-46)66-60-21-7-4-16-56(60)57-17-5-8-22-61(57)66/h1-42H. The lowest BCUT2D eigenvalue weighted by Crippen LogP contribution is -2.09. The first-order valence-electron chi connectivity index (χ1n) is 22.9. The maximum absolute atomic E-state index is 6.42. The van der Waals surface area contributed by atoms with Gasteiger partial charge in [-0.2, -0.15) is 0 Å². The molecule has 0 aliphatic carbocycles. The van der Waals surface area contributed by atoms with E-state index in [0.29, 0.717) is 0 Å². The molecule has 0 saturated carbocycles. The van der Waals surface area contributed by atoms with Crippen LogP contribution in [-0.4, -0.2) is 4.57 Å². The summed E-state index contributed by atoms with van der Waals surface area (Å²) in [6.07, 6.45) is 0. The Hall–Kier alpha value is -8.92. The number of aromatic nitrogens is 1. The van der Waals surface area contributed by atoms with Crippen LogP contribution in [0.2, 0.25) is 0 Å². The Morgan fingerprint density at radius 3 is 1.34 bits per heavy atom. The lowest BCUT2D eigenvalue weighted by Gasteiger charge is -2.26. The molecule has 314 valence electrons. The molecule has 3 heteroatoms. The molecule has 13 aromatic rings. The molecular formula is C64H42N2O. The molecule has 13 rings (SSSR count). The third-order valence-corrected chi connectivity index (χ3v) is 13.4. The first kappa shape index (κ1) is 38.5. The van der Waals surface area contributed by atoms with E-state index < -0.39 is 0 Å². The lowest BCUT2D eigenvalue weighted by molar-refractivity contribution is 0.669. The average molecular weight is 855 g/mol. The minimum Gasteiger partial charge on any atom is -0.456 e. The predicted octanol–water partition coefficient (Wildman–Crippen LogP) is 18.0. The summed E-state index contributed by atoms with van der Waals surface area (Å²) < 4.78 is 8.79. The summed E-state index contributed by atoms with van der Waals surface area (Å²) in [7, 11) is 0. The maximum atomic E-state index is 6.42. The van der Waals surface area contributed by atoms with Gasteiger partial charge in [-0.3, -0.25) is 0 Å². The second-order valence-corrected chi connectivity index (χ2v) is 17.3. The van der Waals surface area contributed by atoms with Crippen LogP contribution in [0, 0.1) is 0 Å². The summed E-state index contributed by atoms with van der Waals surface area (Å²) in [6, 6.07) is 91.8. The van der Waals surface area contributed by atoms with Crippen LogP contribution < -0.4 is 4.90 Å². The van der Waals surface area contributed by atoms with Crippen molar-refractivity contribution in [3.8, 4) is 50.2 Å². The fourth-order valence-electron chi connectivity index (χ4n) is 10.2. The van der Waals surface area contributed by atoms with E-state index in [1.807, 2.05) is 12.1 Å². The molecule has 3 nitrogen and oxygen atoms in total. The monoisotopic (exact) mass is 854 g/mol. The molecular weight excluding hydrogens is 813 g/mol. The van der Waals surface area contributed by atoms with Crippen molar-refractivity contribution in [2.75, 3.05) is 4.90 Å². The number of rotatable bonds is 8. The molecule has 67 heavy (non-hydrogen) atoms. The van der Waals surface area contributed by atoms with E-state index in [1.165, 1.54) is 71.5 Å². The Kier molecular flexibility index (Phi) is 9.17. The fourth-order valence-corrected chi connectivity index (χ4v) is 10.2. The third-order valence-electron chi connectivity index (χ3n) is 13.4. The van der Waals surface area contributed by atoms with Crippen molar-refractivity contribution in [3.05, 3.63) is 255 Å². The van der Waals surface area contributed by atoms with Gasteiger partial charge in [0, 0.05) is 50.4 Å². The van der Waals surface area contributed by atoms with E-state index in [2.05, 4.69) is 252 Å². The van der Waals surface area contributed by atoms with Crippen LogP contribution in [-0.2, 0) is 0 Å². The van der Waals surface area contributed by atoms with Gasteiger partial charge in [0.25, 0.3) is 0 Å². The van der Waals surface area contributed by atoms with Gasteiger partial charge in [-0.25, -0.2) is 0 Å². The summed E-state index contributed by atoms with van der Waals surface area (Å²) in [5, 5.41) is 7.25. The third kappa shape index (κ3) is 6.67. The lowest BCUT2D eigenvalue weighted by atomic mass is 9.91. The number of hydrogen-bond donors (Lipinski definition) is 0. The molecule has 0 amide bonds. The Labute approximate surface area is 388 Å². The van der Waals surface area contributed by atoms with Gasteiger partial charge in [0.1, 0.15) is 11.2 Å². The van der Waals surface area contributed by atoms with Gasteiger partial charge in [0.2, 0.25) is 0 Å². The van der Waals surface area contributed by atoms with E-state index in [0.717, 1.165) is 50.3 Å². The second kappa shape index (κ2) is 16.0. The minimum absolute atomic E-state index is 0.863. The normalized spacial score (nSPS) is 11.6. The van der Waals surface area contributed by atoms with E-state index in [4.69, 9.17) is 4.42 Å². The molecule has 0 fully saturated rings. The Balaban J connectivity index is 0.830. The molecule has 0 aliphatic heterocycles. The van der Waals surface area contributed by atoms with Crippen LogP contribution in [0.3, 0.4) is 0 Å². The number of hydrogen-bond acceptors (Lipinski definition) is 2. The number of fused-ring (bicyclic) bond motifs is 7. The van der Waals surface area contributed by atoms with Gasteiger partial charge in [-0.05, 0) is 122 Å². The summed E-state index contributed by atoms with van der Waals surface area (Å²) in [4.78, 5) is 2.32. The fraction of sp³-hybridized carbons (Fsp3) is 0. The highest BCUT2D eigenvalue weighted by Gasteiger charge is 2.18. The number of para-hydroxylation sites is 3. The summed E-state index contributed by atoms with van der Waals surface area (Å²) >= 11 is 0. The van der Waals surface area contributed by atoms with Crippen molar-refractivity contribution < 1.29 is 4.42 Å². The molecule has 0 atom stereocenters. The van der Waals surface area contributed by atoms with Crippen molar-refractivity contribution in [3.63, 3.8) is 0 Å². The molecule has 0 radical (unpaired) electrons. The molecule has 0 saturated heterocycles. The van der Waals surface area contributed by atoms with Gasteiger partial charge < -0.3 is 13.9 Å². The highest BCUT2D eigenvalue weighted by atomic mass is 16.3. The van der Waals surface area contributed by atoms with E-state index in [1.54, 1.807) is 0 Å².